The van der Waals surface area contributed by atoms with Gasteiger partial charge in [-0.3, -0.25) is 0 Å². The molecule has 19 heavy (non-hydrogen) atoms. The summed E-state index contributed by atoms with van der Waals surface area (Å²) in [4.78, 5) is 5.26. The van der Waals surface area contributed by atoms with Crippen molar-refractivity contribution in [2.75, 3.05) is 25.0 Å². The zero-order valence-corrected chi connectivity index (χ0v) is 10.3. The van der Waals surface area contributed by atoms with Gasteiger partial charge in [0, 0.05) is 19.6 Å². The number of rotatable bonds is 2. The number of likely N-dealkylation sites (N-methyl/N-ethyl adjacent to an activating group) is 1. The highest BCUT2D eigenvalue weighted by Gasteiger charge is 2.34. The monoisotopic (exact) mass is 270 g/mol. The molecule has 1 aromatic rings. The van der Waals surface area contributed by atoms with Crippen molar-refractivity contribution in [3.05, 3.63) is 23.4 Å². The van der Waals surface area contributed by atoms with Crippen molar-refractivity contribution in [2.45, 2.75) is 18.6 Å². The predicted molar refractivity (Wildman–Crippen MR) is 63.6 cm³/mol. The van der Waals surface area contributed by atoms with Gasteiger partial charge in [-0.1, -0.05) is 0 Å². The highest BCUT2D eigenvalue weighted by Crippen LogP contribution is 2.30. The van der Waals surface area contributed by atoms with Crippen molar-refractivity contribution in [1.29, 1.82) is 5.26 Å². The van der Waals surface area contributed by atoms with Gasteiger partial charge >= 0.3 is 6.18 Å². The number of pyridine rings is 1. The van der Waals surface area contributed by atoms with Crippen LogP contribution in [-0.4, -0.2) is 31.2 Å². The molecule has 1 saturated heterocycles. The number of nitriles is 1. The molecule has 0 bridgehead atoms. The lowest BCUT2D eigenvalue weighted by atomic mass is 10.2. The van der Waals surface area contributed by atoms with Crippen LogP contribution < -0.4 is 10.2 Å². The minimum absolute atomic E-state index is 0.0584. The number of hydrogen-bond acceptors (Lipinski definition) is 4. The number of aromatic nitrogens is 1. The zero-order chi connectivity index (χ0) is 14.0. The molecular weight excluding hydrogens is 257 g/mol. The number of nitrogens with one attached hydrogen (secondary N) is 1. The molecular formula is C12H13F3N4. The average Bonchev–Trinajstić information content (AvgIpc) is 2.90. The van der Waals surface area contributed by atoms with Crippen molar-refractivity contribution >= 4 is 5.82 Å². The van der Waals surface area contributed by atoms with Gasteiger partial charge in [-0.2, -0.15) is 18.4 Å². The first-order valence-electron chi connectivity index (χ1n) is 5.85. The summed E-state index contributed by atoms with van der Waals surface area (Å²) in [6, 6.07) is 3.95. The molecule has 1 unspecified atom stereocenters. The molecule has 0 spiro atoms. The molecule has 0 aliphatic carbocycles. The third-order valence-corrected chi connectivity index (χ3v) is 3.20. The molecule has 1 atom stereocenters. The van der Waals surface area contributed by atoms with E-state index in [0.717, 1.165) is 19.0 Å². The number of halogens is 3. The normalized spacial score (nSPS) is 19.2. The Morgan fingerprint density at radius 1 is 1.47 bits per heavy atom. The molecule has 4 nitrogen and oxygen atoms in total. The topological polar surface area (TPSA) is 52.0 Å². The summed E-state index contributed by atoms with van der Waals surface area (Å²) in [7, 11) is 1.67. The van der Waals surface area contributed by atoms with Crippen LogP contribution in [-0.2, 0) is 6.18 Å². The number of alkyl halides is 3. The summed E-state index contributed by atoms with van der Waals surface area (Å²) in [5, 5.41) is 12.1. The standard InChI is InChI=1S/C12H13F3N4/c1-19(9-4-5-17-7-9)11-8(6-16)2-3-10(18-11)12(13,14)15/h2-3,9,17H,4-5,7H2,1H3. The van der Waals surface area contributed by atoms with E-state index in [1.807, 2.05) is 6.07 Å². The van der Waals surface area contributed by atoms with Crippen LogP contribution in [0.2, 0.25) is 0 Å². The maximum atomic E-state index is 12.7. The van der Waals surface area contributed by atoms with Gasteiger partial charge in [0.1, 0.15) is 17.6 Å². The van der Waals surface area contributed by atoms with Crippen molar-refractivity contribution in [2.24, 2.45) is 0 Å². The number of hydrogen-bond donors (Lipinski definition) is 1. The lowest BCUT2D eigenvalue weighted by Gasteiger charge is -2.26. The fraction of sp³-hybridized carbons (Fsp3) is 0.500. The van der Waals surface area contributed by atoms with E-state index in [9.17, 15) is 13.2 Å². The number of anilines is 1. The summed E-state index contributed by atoms with van der Waals surface area (Å²) >= 11 is 0. The average molecular weight is 270 g/mol. The smallest absolute Gasteiger partial charge is 0.354 e. The molecule has 1 aliphatic heterocycles. The van der Waals surface area contributed by atoms with Crippen LogP contribution in [0.15, 0.2) is 12.1 Å². The van der Waals surface area contributed by atoms with Gasteiger partial charge < -0.3 is 10.2 Å². The lowest BCUT2D eigenvalue weighted by molar-refractivity contribution is -0.141. The van der Waals surface area contributed by atoms with Crippen LogP contribution >= 0.6 is 0 Å². The van der Waals surface area contributed by atoms with Gasteiger partial charge in [0.05, 0.1) is 5.56 Å². The van der Waals surface area contributed by atoms with E-state index in [1.54, 1.807) is 11.9 Å². The fourth-order valence-corrected chi connectivity index (χ4v) is 2.11. The molecule has 2 heterocycles. The highest BCUT2D eigenvalue weighted by atomic mass is 19.4. The third-order valence-electron chi connectivity index (χ3n) is 3.20. The first kappa shape index (κ1) is 13.6. The maximum absolute atomic E-state index is 12.7. The first-order chi connectivity index (χ1) is 8.93. The third kappa shape index (κ3) is 2.79. The molecule has 2 rings (SSSR count). The van der Waals surface area contributed by atoms with Crippen molar-refractivity contribution in [1.82, 2.24) is 10.3 Å². The Labute approximate surface area is 108 Å². The Kier molecular flexibility index (Phi) is 3.62. The van der Waals surface area contributed by atoms with Crippen LogP contribution in [0.3, 0.4) is 0 Å². The Morgan fingerprint density at radius 2 is 2.21 bits per heavy atom. The maximum Gasteiger partial charge on any atom is 0.433 e. The van der Waals surface area contributed by atoms with E-state index in [-0.39, 0.29) is 17.4 Å². The summed E-state index contributed by atoms with van der Waals surface area (Å²) in [5.74, 6) is 0.0889. The Morgan fingerprint density at radius 3 is 2.74 bits per heavy atom. The lowest BCUT2D eigenvalue weighted by Crippen LogP contribution is -2.34. The van der Waals surface area contributed by atoms with E-state index >= 15 is 0 Å². The van der Waals surface area contributed by atoms with E-state index < -0.39 is 11.9 Å². The molecule has 0 radical (unpaired) electrons. The fourth-order valence-electron chi connectivity index (χ4n) is 2.11. The second-order valence-electron chi connectivity index (χ2n) is 4.43. The zero-order valence-electron chi connectivity index (χ0n) is 10.3. The highest BCUT2D eigenvalue weighted by molar-refractivity contribution is 5.55. The van der Waals surface area contributed by atoms with Crippen LogP contribution in [0, 0.1) is 11.3 Å². The quantitative estimate of drug-likeness (QED) is 0.890. The van der Waals surface area contributed by atoms with Crippen molar-refractivity contribution in [3.8, 4) is 6.07 Å². The first-order valence-corrected chi connectivity index (χ1v) is 5.85. The Hall–Kier alpha value is -1.81. The summed E-state index contributed by atoms with van der Waals surface area (Å²) in [5.41, 5.74) is -0.818. The van der Waals surface area contributed by atoms with Gasteiger partial charge in [-0.05, 0) is 25.1 Å². The van der Waals surface area contributed by atoms with Gasteiger partial charge in [-0.25, -0.2) is 4.98 Å². The molecule has 1 aromatic heterocycles. The largest absolute Gasteiger partial charge is 0.433 e. The van der Waals surface area contributed by atoms with E-state index in [0.29, 0.717) is 6.54 Å². The molecule has 0 amide bonds. The van der Waals surface area contributed by atoms with Crippen molar-refractivity contribution in [3.63, 3.8) is 0 Å². The van der Waals surface area contributed by atoms with Crippen LogP contribution in [0.1, 0.15) is 17.7 Å². The molecule has 1 aliphatic rings. The SMILES string of the molecule is CN(c1nc(C(F)(F)F)ccc1C#N)C1CCNC1. The molecule has 102 valence electrons. The molecule has 0 saturated carbocycles. The van der Waals surface area contributed by atoms with Gasteiger partial charge in [0.25, 0.3) is 0 Å². The van der Waals surface area contributed by atoms with Crippen molar-refractivity contribution < 1.29 is 13.2 Å². The second-order valence-corrected chi connectivity index (χ2v) is 4.43. The van der Waals surface area contributed by atoms with Gasteiger partial charge in [-0.15, -0.1) is 0 Å². The summed E-state index contributed by atoms with van der Waals surface area (Å²) in [6.45, 7) is 1.50. The van der Waals surface area contributed by atoms with E-state index in [2.05, 4.69) is 10.3 Å². The van der Waals surface area contributed by atoms with E-state index in [4.69, 9.17) is 5.26 Å². The van der Waals surface area contributed by atoms with Crippen LogP contribution in [0.5, 0.6) is 0 Å². The number of nitrogens with zero attached hydrogens (tertiary/aromatic N) is 3. The minimum atomic E-state index is -4.50. The summed E-state index contributed by atoms with van der Waals surface area (Å²) < 4.78 is 38.0. The second kappa shape index (κ2) is 5.05. The molecule has 7 heteroatoms. The van der Waals surface area contributed by atoms with Crippen LogP contribution in [0.25, 0.3) is 0 Å². The Bertz CT molecular complexity index is 501. The predicted octanol–water partition coefficient (Wildman–Crippen LogP) is 1.77. The molecule has 0 aromatic carbocycles. The molecule has 1 N–H and O–H groups in total. The van der Waals surface area contributed by atoms with E-state index in [1.165, 1.54) is 6.07 Å². The molecule has 1 fully saturated rings. The van der Waals surface area contributed by atoms with Crippen LogP contribution in [0.4, 0.5) is 19.0 Å². The van der Waals surface area contributed by atoms with Gasteiger partial charge in [0.15, 0.2) is 0 Å². The minimum Gasteiger partial charge on any atom is -0.354 e. The Balaban J connectivity index is 2.39. The van der Waals surface area contributed by atoms with Gasteiger partial charge in [0.2, 0.25) is 0 Å². The summed E-state index contributed by atoms with van der Waals surface area (Å²) in [6.07, 6.45) is -3.68.